The molecule has 0 unspecified atom stereocenters. The summed E-state index contributed by atoms with van der Waals surface area (Å²) < 4.78 is 5.02. The summed E-state index contributed by atoms with van der Waals surface area (Å²) in [7, 11) is 0. The Morgan fingerprint density at radius 1 is 1.29 bits per heavy atom. The van der Waals surface area contributed by atoms with Crippen molar-refractivity contribution in [1.82, 2.24) is 4.90 Å². The maximum absolute atomic E-state index is 11.3. The molecule has 0 saturated carbocycles. The number of carbonyl (C=O) groups is 1. The standard InChI is InChI=1S/C11H11NO2/c13-11-12-6-9-4-2-1-3-8(9)5-10(12)7-14-11/h1-4,10H,5-7H2/t10-/m1/s1. The third kappa shape index (κ3) is 1.02. The highest BCUT2D eigenvalue weighted by Crippen LogP contribution is 2.27. The average molecular weight is 189 g/mol. The van der Waals surface area contributed by atoms with Crippen molar-refractivity contribution in [2.45, 2.75) is 19.0 Å². The van der Waals surface area contributed by atoms with Gasteiger partial charge in [-0.3, -0.25) is 4.90 Å². The second-order valence-electron chi connectivity index (χ2n) is 3.83. The minimum atomic E-state index is -0.162. The fraction of sp³-hybridized carbons (Fsp3) is 0.364. The summed E-state index contributed by atoms with van der Waals surface area (Å²) in [5.74, 6) is 0. The van der Waals surface area contributed by atoms with E-state index in [0.717, 1.165) is 6.42 Å². The average Bonchev–Trinajstić information content (AvgIpc) is 2.57. The summed E-state index contributed by atoms with van der Waals surface area (Å²) in [5.41, 5.74) is 2.61. The molecule has 1 aromatic carbocycles. The molecule has 3 nitrogen and oxygen atoms in total. The Hall–Kier alpha value is -1.51. The van der Waals surface area contributed by atoms with Crippen molar-refractivity contribution in [3.8, 4) is 0 Å². The summed E-state index contributed by atoms with van der Waals surface area (Å²) in [4.78, 5) is 13.1. The van der Waals surface area contributed by atoms with Crippen LogP contribution in [0.15, 0.2) is 24.3 Å². The molecule has 0 radical (unpaired) electrons. The van der Waals surface area contributed by atoms with Gasteiger partial charge in [0.25, 0.3) is 0 Å². The maximum Gasteiger partial charge on any atom is 0.410 e. The number of hydrogen-bond acceptors (Lipinski definition) is 2. The van der Waals surface area contributed by atoms with E-state index >= 15 is 0 Å². The van der Waals surface area contributed by atoms with E-state index in [2.05, 4.69) is 12.1 Å². The quantitative estimate of drug-likeness (QED) is 0.620. The van der Waals surface area contributed by atoms with Crippen molar-refractivity contribution in [3.63, 3.8) is 0 Å². The molecule has 3 rings (SSSR count). The van der Waals surface area contributed by atoms with E-state index in [4.69, 9.17) is 4.74 Å². The molecular weight excluding hydrogens is 178 g/mol. The molecule has 0 bridgehead atoms. The number of cyclic esters (lactones) is 1. The molecule has 2 aliphatic heterocycles. The molecule has 2 heterocycles. The largest absolute Gasteiger partial charge is 0.447 e. The molecule has 0 N–H and O–H groups in total. The van der Waals surface area contributed by atoms with Crippen molar-refractivity contribution in [1.29, 1.82) is 0 Å². The lowest BCUT2D eigenvalue weighted by molar-refractivity contribution is 0.155. The van der Waals surface area contributed by atoms with Crippen molar-refractivity contribution in [2.24, 2.45) is 0 Å². The van der Waals surface area contributed by atoms with Crippen molar-refractivity contribution < 1.29 is 9.53 Å². The second kappa shape index (κ2) is 2.74. The Morgan fingerprint density at radius 2 is 2.07 bits per heavy atom. The van der Waals surface area contributed by atoms with E-state index in [9.17, 15) is 4.79 Å². The first-order valence-corrected chi connectivity index (χ1v) is 4.85. The van der Waals surface area contributed by atoms with Crippen LogP contribution in [0, 0.1) is 0 Å². The number of nitrogens with zero attached hydrogens (tertiary/aromatic N) is 1. The van der Waals surface area contributed by atoms with Crippen LogP contribution in [0.2, 0.25) is 0 Å². The van der Waals surface area contributed by atoms with Crippen LogP contribution in [-0.4, -0.2) is 23.6 Å². The first-order chi connectivity index (χ1) is 6.84. The van der Waals surface area contributed by atoms with Gasteiger partial charge in [-0.05, 0) is 17.5 Å². The van der Waals surface area contributed by atoms with Gasteiger partial charge in [0.05, 0.1) is 6.04 Å². The molecule has 2 aliphatic rings. The van der Waals surface area contributed by atoms with E-state index in [1.165, 1.54) is 11.1 Å². The van der Waals surface area contributed by atoms with Gasteiger partial charge >= 0.3 is 6.09 Å². The minimum absolute atomic E-state index is 0.162. The fourth-order valence-corrected chi connectivity index (χ4v) is 2.20. The number of benzene rings is 1. The highest BCUT2D eigenvalue weighted by atomic mass is 16.6. The van der Waals surface area contributed by atoms with Gasteiger partial charge in [0.15, 0.2) is 0 Å². The number of hydrogen-bond donors (Lipinski definition) is 0. The highest BCUT2D eigenvalue weighted by molar-refractivity contribution is 5.70. The molecule has 0 aromatic heterocycles. The van der Waals surface area contributed by atoms with E-state index < -0.39 is 0 Å². The van der Waals surface area contributed by atoms with Crippen LogP contribution in [0.25, 0.3) is 0 Å². The summed E-state index contributed by atoms with van der Waals surface area (Å²) in [6.07, 6.45) is 0.770. The molecule has 1 aromatic rings. The number of ether oxygens (including phenoxy) is 1. The maximum atomic E-state index is 11.3. The topological polar surface area (TPSA) is 29.5 Å². The first kappa shape index (κ1) is 7.85. The number of rotatable bonds is 0. The smallest absolute Gasteiger partial charge is 0.410 e. The van der Waals surface area contributed by atoms with Crippen molar-refractivity contribution in [3.05, 3.63) is 35.4 Å². The van der Waals surface area contributed by atoms with Crippen LogP contribution in [0.1, 0.15) is 11.1 Å². The molecule has 0 spiro atoms. The molecule has 0 aliphatic carbocycles. The lowest BCUT2D eigenvalue weighted by Crippen LogP contribution is -2.38. The van der Waals surface area contributed by atoms with E-state index in [1.54, 1.807) is 0 Å². The zero-order valence-corrected chi connectivity index (χ0v) is 7.77. The SMILES string of the molecule is O=C1OC[C@H]2Cc3ccccc3CN12. The van der Waals surface area contributed by atoms with Gasteiger partial charge in [0, 0.05) is 6.54 Å². The fourth-order valence-electron chi connectivity index (χ4n) is 2.20. The van der Waals surface area contributed by atoms with Gasteiger partial charge in [0.2, 0.25) is 0 Å². The van der Waals surface area contributed by atoms with Crippen LogP contribution in [-0.2, 0) is 17.7 Å². The van der Waals surface area contributed by atoms with Gasteiger partial charge in [-0.25, -0.2) is 4.79 Å². The summed E-state index contributed by atoms with van der Waals surface area (Å²) in [6, 6.07) is 8.54. The second-order valence-corrected chi connectivity index (χ2v) is 3.83. The predicted octanol–water partition coefficient (Wildman–Crippen LogP) is 1.56. The van der Waals surface area contributed by atoms with Gasteiger partial charge in [-0.2, -0.15) is 0 Å². The lowest BCUT2D eigenvalue weighted by Gasteiger charge is -2.28. The van der Waals surface area contributed by atoms with Crippen LogP contribution in [0.3, 0.4) is 0 Å². The normalized spacial score (nSPS) is 24.1. The first-order valence-electron chi connectivity index (χ1n) is 4.85. The third-order valence-electron chi connectivity index (χ3n) is 2.99. The molecule has 1 amide bonds. The van der Waals surface area contributed by atoms with Crippen molar-refractivity contribution in [2.75, 3.05) is 6.61 Å². The Bertz CT molecular complexity index is 389. The lowest BCUT2D eigenvalue weighted by atomic mass is 9.95. The zero-order chi connectivity index (χ0) is 9.54. The minimum Gasteiger partial charge on any atom is -0.447 e. The van der Waals surface area contributed by atoms with Gasteiger partial charge in [-0.1, -0.05) is 24.3 Å². The Kier molecular flexibility index (Phi) is 1.54. The number of fused-ring (bicyclic) bond motifs is 2. The summed E-state index contributed by atoms with van der Waals surface area (Å²) in [5, 5.41) is 0. The summed E-state index contributed by atoms with van der Waals surface area (Å²) in [6.45, 7) is 1.26. The van der Waals surface area contributed by atoms with Crippen LogP contribution in [0.5, 0.6) is 0 Å². The van der Waals surface area contributed by atoms with Gasteiger partial charge < -0.3 is 4.74 Å². The molecular formula is C11H11NO2. The molecule has 14 heavy (non-hydrogen) atoms. The molecule has 1 fully saturated rings. The van der Waals surface area contributed by atoms with Crippen LogP contribution >= 0.6 is 0 Å². The van der Waals surface area contributed by atoms with Gasteiger partial charge in [-0.15, -0.1) is 0 Å². The van der Waals surface area contributed by atoms with Gasteiger partial charge in [0.1, 0.15) is 6.61 Å². The summed E-state index contributed by atoms with van der Waals surface area (Å²) >= 11 is 0. The van der Waals surface area contributed by atoms with E-state index in [0.29, 0.717) is 13.2 Å². The zero-order valence-electron chi connectivity index (χ0n) is 7.77. The van der Waals surface area contributed by atoms with Crippen molar-refractivity contribution >= 4 is 6.09 Å². The molecule has 1 atom stereocenters. The number of carbonyl (C=O) groups excluding carboxylic acids is 1. The third-order valence-corrected chi connectivity index (χ3v) is 2.99. The van der Waals surface area contributed by atoms with Crippen LogP contribution < -0.4 is 0 Å². The Labute approximate surface area is 82.3 Å². The monoisotopic (exact) mass is 189 g/mol. The predicted molar refractivity (Wildman–Crippen MR) is 50.8 cm³/mol. The molecule has 72 valence electrons. The highest BCUT2D eigenvalue weighted by Gasteiger charge is 2.36. The Balaban J connectivity index is 1.99. The van der Waals surface area contributed by atoms with E-state index in [1.807, 2.05) is 17.0 Å². The van der Waals surface area contributed by atoms with E-state index in [-0.39, 0.29) is 12.1 Å². The Morgan fingerprint density at radius 3 is 2.93 bits per heavy atom. The molecule has 3 heteroatoms. The molecule has 1 saturated heterocycles. The number of amides is 1. The van der Waals surface area contributed by atoms with Crippen LogP contribution in [0.4, 0.5) is 4.79 Å².